The maximum atomic E-state index is 14.2. The third-order valence-corrected chi connectivity index (χ3v) is 9.04. The Kier molecular flexibility index (Phi) is 9.81. The minimum Gasteiger partial charge on any atom is -0.474 e. The van der Waals surface area contributed by atoms with E-state index in [-0.39, 0.29) is 23.9 Å². The highest BCUT2D eigenvalue weighted by Crippen LogP contribution is 2.33. The second kappa shape index (κ2) is 14.1. The fourth-order valence-corrected chi connectivity index (χ4v) is 6.50. The predicted octanol–water partition coefficient (Wildman–Crippen LogP) is 4.75. The summed E-state index contributed by atoms with van der Waals surface area (Å²) in [6.07, 6.45) is 1.71. The zero-order valence-corrected chi connectivity index (χ0v) is 26.3. The number of aromatic nitrogens is 4. The molecular formula is C32H41F2N7O5. The van der Waals surface area contributed by atoms with Gasteiger partial charge in [0.15, 0.2) is 5.82 Å². The maximum Gasteiger partial charge on any atom is 0.410 e. The highest BCUT2D eigenvalue weighted by Gasteiger charge is 2.41. The molecule has 248 valence electrons. The number of hydrogen-bond donors (Lipinski definition) is 0. The molecule has 1 aromatic carbocycles. The van der Waals surface area contributed by atoms with E-state index >= 15 is 0 Å². The molecule has 3 fully saturated rings. The topological polar surface area (TPSA) is 115 Å². The van der Waals surface area contributed by atoms with E-state index in [1.54, 1.807) is 37.4 Å². The Morgan fingerprint density at radius 2 is 1.83 bits per heavy atom. The second-order valence-electron chi connectivity index (χ2n) is 12.0. The smallest absolute Gasteiger partial charge is 0.410 e. The highest BCUT2D eigenvalue weighted by atomic mass is 19.3. The van der Waals surface area contributed by atoms with Crippen molar-refractivity contribution in [3.8, 4) is 11.7 Å². The molecule has 2 aromatic heterocycles. The lowest BCUT2D eigenvalue weighted by Gasteiger charge is -2.35. The lowest BCUT2D eigenvalue weighted by molar-refractivity contribution is -0.134. The number of likely N-dealkylation sites (N-methyl/N-ethyl adjacent to an activating group) is 1. The Morgan fingerprint density at radius 3 is 2.57 bits per heavy atom. The first-order chi connectivity index (χ1) is 22.3. The SMILES string of the molecule is CCCCOC(=O)N(C)[C@H]1CCN(C2CCC(Oc3cc(-n4c(C(F)F)nc5ccccc54)nc(N4CCOCC4)n3)CC2)C1=O. The fourth-order valence-electron chi connectivity index (χ4n) is 6.50. The first-order valence-corrected chi connectivity index (χ1v) is 16.2. The third kappa shape index (κ3) is 6.72. The van der Waals surface area contributed by atoms with Crippen LogP contribution in [0.3, 0.4) is 0 Å². The van der Waals surface area contributed by atoms with E-state index in [4.69, 9.17) is 24.2 Å². The lowest BCUT2D eigenvalue weighted by atomic mass is 9.92. The molecular weight excluding hydrogens is 600 g/mol. The second-order valence-corrected chi connectivity index (χ2v) is 12.0. The number of unbranched alkanes of at least 4 members (excludes halogenated alkanes) is 1. The van der Waals surface area contributed by atoms with Crippen LogP contribution in [0.2, 0.25) is 0 Å². The zero-order valence-electron chi connectivity index (χ0n) is 26.3. The van der Waals surface area contributed by atoms with Gasteiger partial charge in [0.05, 0.1) is 30.9 Å². The van der Waals surface area contributed by atoms with Crippen LogP contribution in [-0.4, -0.2) is 106 Å². The maximum absolute atomic E-state index is 14.2. The number of imidazole rings is 1. The van der Waals surface area contributed by atoms with Crippen LogP contribution in [0.5, 0.6) is 5.88 Å². The van der Waals surface area contributed by atoms with Crippen LogP contribution in [0.1, 0.15) is 64.1 Å². The zero-order chi connectivity index (χ0) is 32.2. The Morgan fingerprint density at radius 1 is 1.07 bits per heavy atom. The van der Waals surface area contributed by atoms with E-state index in [1.165, 1.54) is 9.47 Å². The van der Waals surface area contributed by atoms with Crippen molar-refractivity contribution >= 4 is 29.0 Å². The Hall–Kier alpha value is -4.07. The van der Waals surface area contributed by atoms with Crippen LogP contribution in [-0.2, 0) is 14.3 Å². The number of benzene rings is 1. The van der Waals surface area contributed by atoms with Gasteiger partial charge in [-0.25, -0.2) is 18.6 Å². The summed E-state index contributed by atoms with van der Waals surface area (Å²) in [5.41, 5.74) is 0.966. The third-order valence-electron chi connectivity index (χ3n) is 9.04. The van der Waals surface area contributed by atoms with Gasteiger partial charge in [0.2, 0.25) is 17.7 Å². The summed E-state index contributed by atoms with van der Waals surface area (Å²) in [6.45, 7) is 5.12. The standard InChI is InChI=1S/C32H41F2N7O5/c1-3-4-17-45-32(43)38(2)25-13-14-40(30(25)42)21-9-11-22(12-10-21)46-27-20-26(36-31(37-27)39-15-18-44-19-16-39)41-24-8-6-5-7-23(24)35-29(41)28(33)34/h5-8,20-22,25,28H,3-4,9-19H2,1-2H3/t21?,22?,25-/m0/s1. The molecule has 2 amide bonds. The van der Waals surface area contributed by atoms with Crippen LogP contribution in [0.4, 0.5) is 19.5 Å². The number of anilines is 1. The van der Waals surface area contributed by atoms with Gasteiger partial charge in [0.1, 0.15) is 18.0 Å². The fraction of sp³-hybridized carbons (Fsp3) is 0.594. The number of rotatable bonds is 10. The van der Waals surface area contributed by atoms with E-state index in [0.717, 1.165) is 25.7 Å². The van der Waals surface area contributed by atoms with E-state index in [0.29, 0.717) is 81.6 Å². The molecule has 6 rings (SSSR count). The van der Waals surface area contributed by atoms with Gasteiger partial charge in [-0.1, -0.05) is 25.5 Å². The van der Waals surface area contributed by atoms with E-state index in [9.17, 15) is 18.4 Å². The van der Waals surface area contributed by atoms with Crippen LogP contribution in [0, 0.1) is 0 Å². The molecule has 2 aliphatic heterocycles. The number of morpholine rings is 1. The molecule has 0 radical (unpaired) electrons. The Labute approximate surface area is 266 Å². The van der Waals surface area contributed by atoms with Gasteiger partial charge in [-0.3, -0.25) is 14.3 Å². The molecule has 4 heterocycles. The predicted molar refractivity (Wildman–Crippen MR) is 165 cm³/mol. The molecule has 0 N–H and O–H groups in total. The average molecular weight is 642 g/mol. The molecule has 3 aromatic rings. The van der Waals surface area contributed by atoms with Crippen LogP contribution >= 0.6 is 0 Å². The average Bonchev–Trinajstić information content (AvgIpc) is 3.66. The van der Waals surface area contributed by atoms with Crippen LogP contribution in [0.25, 0.3) is 16.9 Å². The van der Waals surface area contributed by atoms with Gasteiger partial charge in [-0.15, -0.1) is 0 Å². The summed E-state index contributed by atoms with van der Waals surface area (Å²) in [7, 11) is 1.63. The van der Waals surface area contributed by atoms with Crippen molar-refractivity contribution < 1.29 is 32.6 Å². The van der Waals surface area contributed by atoms with E-state index < -0.39 is 24.4 Å². The van der Waals surface area contributed by atoms with Gasteiger partial charge in [-0.2, -0.15) is 9.97 Å². The molecule has 2 saturated heterocycles. The molecule has 0 bridgehead atoms. The number of carbonyl (C=O) groups excluding carboxylic acids is 2. The molecule has 1 aliphatic carbocycles. The van der Waals surface area contributed by atoms with Crippen molar-refractivity contribution in [2.75, 3.05) is 51.4 Å². The first-order valence-electron chi connectivity index (χ1n) is 16.2. The minimum absolute atomic E-state index is 0.0442. The number of fused-ring (bicyclic) bond motifs is 1. The van der Waals surface area contributed by atoms with E-state index in [2.05, 4.69) is 4.98 Å². The molecule has 46 heavy (non-hydrogen) atoms. The quantitative estimate of drug-likeness (QED) is 0.289. The van der Waals surface area contributed by atoms with Gasteiger partial charge in [-0.05, 0) is 50.7 Å². The number of halogens is 2. The van der Waals surface area contributed by atoms with Crippen molar-refractivity contribution in [3.05, 3.63) is 36.2 Å². The molecule has 14 heteroatoms. The summed E-state index contributed by atoms with van der Waals surface area (Å²) < 4.78 is 47.0. The van der Waals surface area contributed by atoms with Crippen molar-refractivity contribution in [2.24, 2.45) is 0 Å². The summed E-state index contributed by atoms with van der Waals surface area (Å²) in [5.74, 6) is 0.502. The molecule has 0 unspecified atom stereocenters. The van der Waals surface area contributed by atoms with Crippen molar-refractivity contribution in [1.82, 2.24) is 29.3 Å². The lowest BCUT2D eigenvalue weighted by Crippen LogP contribution is -2.47. The number of hydrogen-bond acceptors (Lipinski definition) is 9. The number of likely N-dealkylation sites (tertiary alicyclic amines) is 1. The molecule has 3 aliphatic rings. The van der Waals surface area contributed by atoms with Gasteiger partial charge in [0, 0.05) is 38.8 Å². The van der Waals surface area contributed by atoms with Gasteiger partial charge < -0.3 is 24.0 Å². The Bertz CT molecular complexity index is 1520. The summed E-state index contributed by atoms with van der Waals surface area (Å²) in [6, 6.07) is 8.11. The molecule has 12 nitrogen and oxygen atoms in total. The van der Waals surface area contributed by atoms with Gasteiger partial charge >= 0.3 is 6.09 Å². The Balaban J connectivity index is 1.16. The molecule has 1 saturated carbocycles. The number of nitrogens with zero attached hydrogens (tertiary/aromatic N) is 7. The number of carbonyl (C=O) groups is 2. The van der Waals surface area contributed by atoms with Crippen molar-refractivity contribution in [2.45, 2.75) is 76.5 Å². The first kappa shape index (κ1) is 31.9. The summed E-state index contributed by atoms with van der Waals surface area (Å²) >= 11 is 0. The van der Waals surface area contributed by atoms with Crippen molar-refractivity contribution in [1.29, 1.82) is 0 Å². The van der Waals surface area contributed by atoms with Crippen LogP contribution < -0.4 is 9.64 Å². The monoisotopic (exact) mass is 641 g/mol. The van der Waals surface area contributed by atoms with Crippen LogP contribution in [0.15, 0.2) is 30.3 Å². The number of ether oxygens (including phenoxy) is 3. The number of para-hydroxylation sites is 2. The number of alkyl halides is 2. The highest BCUT2D eigenvalue weighted by molar-refractivity contribution is 5.87. The summed E-state index contributed by atoms with van der Waals surface area (Å²) in [4.78, 5) is 44.6. The minimum atomic E-state index is -2.81. The molecule has 1 atom stereocenters. The summed E-state index contributed by atoms with van der Waals surface area (Å²) in [5, 5.41) is 0. The van der Waals surface area contributed by atoms with Crippen molar-refractivity contribution in [3.63, 3.8) is 0 Å². The number of amides is 2. The van der Waals surface area contributed by atoms with E-state index in [1.807, 2.05) is 16.7 Å². The molecule has 0 spiro atoms. The van der Waals surface area contributed by atoms with Gasteiger partial charge in [0.25, 0.3) is 6.43 Å². The largest absolute Gasteiger partial charge is 0.474 e. The normalized spacial score (nSPS) is 22.1.